The van der Waals surface area contributed by atoms with Crippen molar-refractivity contribution in [2.45, 2.75) is 57.5 Å². The average Bonchev–Trinajstić information content (AvgIpc) is 2.88. The zero-order chi connectivity index (χ0) is 16.0. The van der Waals surface area contributed by atoms with Gasteiger partial charge >= 0.3 is 12.0 Å². The Morgan fingerprint density at radius 3 is 2.67 bits per heavy atom. The molecule has 1 fully saturated rings. The first-order valence-corrected chi connectivity index (χ1v) is 9.06. The predicted molar refractivity (Wildman–Crippen MR) is 86.8 cm³/mol. The minimum absolute atomic E-state index is 0.124. The summed E-state index contributed by atoms with van der Waals surface area (Å²) in [6, 6.07) is -0.0179. The third-order valence-electron chi connectivity index (χ3n) is 4.48. The number of likely N-dealkylation sites (tertiary alicyclic amines) is 1. The molecule has 1 heterocycles. The number of carboxylic acid groups (broad SMARTS) is 1. The van der Waals surface area contributed by atoms with Gasteiger partial charge in [-0.3, -0.25) is 0 Å². The molecule has 1 aliphatic rings. The van der Waals surface area contributed by atoms with Gasteiger partial charge in [-0.1, -0.05) is 13.3 Å². The van der Waals surface area contributed by atoms with Crippen LogP contribution in [-0.4, -0.2) is 64.1 Å². The van der Waals surface area contributed by atoms with Crippen LogP contribution in [0.3, 0.4) is 0 Å². The van der Waals surface area contributed by atoms with E-state index in [4.69, 9.17) is 0 Å². The summed E-state index contributed by atoms with van der Waals surface area (Å²) in [5, 5.41) is 9.66. The van der Waals surface area contributed by atoms with Crippen molar-refractivity contribution >= 4 is 23.8 Å². The van der Waals surface area contributed by atoms with E-state index >= 15 is 0 Å². The summed E-state index contributed by atoms with van der Waals surface area (Å²) in [7, 11) is 1.78. The summed E-state index contributed by atoms with van der Waals surface area (Å²) in [6.45, 7) is 4.54. The number of aliphatic carboxylic acids is 1. The minimum Gasteiger partial charge on any atom is -0.479 e. The molecule has 1 aliphatic heterocycles. The molecule has 122 valence electrons. The number of carbonyl (C=O) groups is 2. The molecule has 1 N–H and O–H groups in total. The molecule has 0 aromatic carbocycles. The molecule has 2 unspecified atom stereocenters. The molecule has 0 spiro atoms. The number of nitrogens with zero attached hydrogens (tertiary/aromatic N) is 2. The number of rotatable bonds is 7. The highest BCUT2D eigenvalue weighted by molar-refractivity contribution is 7.98. The van der Waals surface area contributed by atoms with E-state index in [0.29, 0.717) is 19.4 Å². The van der Waals surface area contributed by atoms with Gasteiger partial charge in [0.15, 0.2) is 0 Å². The molecular formula is C15H28N2O3S. The summed E-state index contributed by atoms with van der Waals surface area (Å²) in [4.78, 5) is 27.8. The first-order chi connectivity index (χ1) is 9.90. The maximum atomic E-state index is 12.7. The van der Waals surface area contributed by atoms with Crippen LogP contribution in [0.4, 0.5) is 4.79 Å². The third-order valence-corrected chi connectivity index (χ3v) is 5.13. The van der Waals surface area contributed by atoms with Crippen LogP contribution >= 0.6 is 11.8 Å². The van der Waals surface area contributed by atoms with Crippen LogP contribution in [-0.2, 0) is 4.79 Å². The van der Waals surface area contributed by atoms with Crippen molar-refractivity contribution in [3.8, 4) is 0 Å². The lowest BCUT2D eigenvalue weighted by atomic mass is 9.91. The maximum Gasteiger partial charge on any atom is 0.329 e. The monoisotopic (exact) mass is 316 g/mol. The summed E-state index contributed by atoms with van der Waals surface area (Å²) in [5.41, 5.74) is -1.00. The standard InChI is InChI=1S/C15H28N2O3S/c1-5-8-15(13(18)19)9-6-10-17(15)14(20)16(3)12(2)7-11-21-4/h12H,5-11H2,1-4H3,(H,18,19). The van der Waals surface area contributed by atoms with E-state index in [0.717, 1.165) is 25.0 Å². The first kappa shape index (κ1) is 18.1. The Hall–Kier alpha value is -0.910. The highest BCUT2D eigenvalue weighted by Crippen LogP contribution is 2.35. The van der Waals surface area contributed by atoms with Gasteiger partial charge in [0.05, 0.1) is 0 Å². The molecule has 2 atom stereocenters. The van der Waals surface area contributed by atoms with E-state index in [1.807, 2.05) is 20.1 Å². The van der Waals surface area contributed by atoms with Crippen LogP contribution < -0.4 is 0 Å². The average molecular weight is 316 g/mol. The molecule has 2 amide bonds. The molecular weight excluding hydrogens is 288 g/mol. The number of thioether (sulfide) groups is 1. The molecule has 6 heteroatoms. The number of hydrogen-bond donors (Lipinski definition) is 1. The SMILES string of the molecule is CCCC1(C(=O)O)CCCN1C(=O)N(C)C(C)CCSC. The van der Waals surface area contributed by atoms with Gasteiger partial charge in [0.25, 0.3) is 0 Å². The van der Waals surface area contributed by atoms with Gasteiger partial charge < -0.3 is 14.9 Å². The highest BCUT2D eigenvalue weighted by atomic mass is 32.2. The fraction of sp³-hybridized carbons (Fsp3) is 0.867. The molecule has 0 bridgehead atoms. The lowest BCUT2D eigenvalue weighted by molar-refractivity contribution is -0.148. The van der Waals surface area contributed by atoms with Gasteiger partial charge in [-0.15, -0.1) is 0 Å². The van der Waals surface area contributed by atoms with Gasteiger partial charge in [-0.25, -0.2) is 9.59 Å². The predicted octanol–water partition coefficient (Wildman–Crippen LogP) is 2.90. The fourth-order valence-electron chi connectivity index (χ4n) is 3.02. The number of urea groups is 1. The fourth-order valence-corrected chi connectivity index (χ4v) is 3.60. The van der Waals surface area contributed by atoms with Crippen molar-refractivity contribution in [2.24, 2.45) is 0 Å². The number of carbonyl (C=O) groups excluding carboxylic acids is 1. The van der Waals surface area contributed by atoms with E-state index in [1.54, 1.807) is 28.6 Å². The third kappa shape index (κ3) is 3.84. The van der Waals surface area contributed by atoms with Crippen molar-refractivity contribution in [1.29, 1.82) is 0 Å². The second-order valence-electron chi connectivity index (χ2n) is 5.87. The Morgan fingerprint density at radius 1 is 1.48 bits per heavy atom. The van der Waals surface area contributed by atoms with Crippen LogP contribution in [0.1, 0.15) is 46.0 Å². The van der Waals surface area contributed by atoms with Crippen molar-refractivity contribution in [3.05, 3.63) is 0 Å². The van der Waals surface area contributed by atoms with Crippen molar-refractivity contribution in [3.63, 3.8) is 0 Å². The second kappa shape index (κ2) is 7.92. The number of carboxylic acids is 1. The molecule has 0 radical (unpaired) electrons. The molecule has 0 aromatic heterocycles. The van der Waals surface area contributed by atoms with Gasteiger partial charge in [0.1, 0.15) is 5.54 Å². The number of hydrogen-bond acceptors (Lipinski definition) is 3. The minimum atomic E-state index is -1.00. The lowest BCUT2D eigenvalue weighted by Crippen LogP contribution is -2.57. The summed E-state index contributed by atoms with van der Waals surface area (Å²) in [6.07, 6.45) is 5.60. The van der Waals surface area contributed by atoms with Gasteiger partial charge in [0.2, 0.25) is 0 Å². The molecule has 0 saturated carbocycles. The van der Waals surface area contributed by atoms with Gasteiger partial charge in [0, 0.05) is 19.6 Å². The maximum absolute atomic E-state index is 12.7. The second-order valence-corrected chi connectivity index (χ2v) is 6.85. The summed E-state index contributed by atoms with van der Waals surface area (Å²) < 4.78 is 0. The van der Waals surface area contributed by atoms with Crippen LogP contribution in [0, 0.1) is 0 Å². The van der Waals surface area contributed by atoms with Crippen molar-refractivity contribution < 1.29 is 14.7 Å². The van der Waals surface area contributed by atoms with Gasteiger partial charge in [-0.05, 0) is 44.6 Å². The van der Waals surface area contributed by atoms with Crippen molar-refractivity contribution in [1.82, 2.24) is 9.80 Å². The van der Waals surface area contributed by atoms with Crippen LogP contribution in [0.25, 0.3) is 0 Å². The molecule has 0 aliphatic carbocycles. The van der Waals surface area contributed by atoms with Crippen molar-refractivity contribution in [2.75, 3.05) is 25.6 Å². The van der Waals surface area contributed by atoms with E-state index < -0.39 is 11.5 Å². The zero-order valence-electron chi connectivity index (χ0n) is 13.6. The Labute approximate surface area is 132 Å². The lowest BCUT2D eigenvalue weighted by Gasteiger charge is -2.38. The quantitative estimate of drug-likeness (QED) is 0.784. The van der Waals surface area contributed by atoms with Crippen LogP contribution in [0.5, 0.6) is 0 Å². The van der Waals surface area contributed by atoms with E-state index in [9.17, 15) is 14.7 Å². The smallest absolute Gasteiger partial charge is 0.329 e. The Morgan fingerprint density at radius 2 is 2.14 bits per heavy atom. The Kier molecular flexibility index (Phi) is 6.84. The zero-order valence-corrected chi connectivity index (χ0v) is 14.4. The summed E-state index contributed by atoms with van der Waals surface area (Å²) in [5.74, 6) is 0.137. The van der Waals surface area contributed by atoms with Crippen LogP contribution in [0.15, 0.2) is 0 Å². The normalized spacial score (nSPS) is 23.1. The van der Waals surface area contributed by atoms with E-state index in [-0.39, 0.29) is 12.1 Å². The van der Waals surface area contributed by atoms with Gasteiger partial charge in [-0.2, -0.15) is 11.8 Å². The highest BCUT2D eigenvalue weighted by Gasteiger charge is 2.50. The number of amides is 2. The summed E-state index contributed by atoms with van der Waals surface area (Å²) >= 11 is 1.76. The topological polar surface area (TPSA) is 60.9 Å². The Balaban J connectivity index is 2.86. The first-order valence-electron chi connectivity index (χ1n) is 7.67. The van der Waals surface area contributed by atoms with Crippen LogP contribution in [0.2, 0.25) is 0 Å². The molecule has 1 saturated heterocycles. The largest absolute Gasteiger partial charge is 0.479 e. The Bertz CT molecular complexity index is 378. The molecule has 5 nitrogen and oxygen atoms in total. The molecule has 21 heavy (non-hydrogen) atoms. The van der Waals surface area contributed by atoms with E-state index in [2.05, 4.69) is 0 Å². The van der Waals surface area contributed by atoms with E-state index in [1.165, 1.54) is 0 Å². The molecule has 0 aromatic rings. The molecule has 1 rings (SSSR count).